The number of hydrogen-bond donors (Lipinski definition) is 0. The molecule has 0 amide bonds. The Bertz CT molecular complexity index is 744. The summed E-state index contributed by atoms with van der Waals surface area (Å²) >= 11 is 0. The van der Waals surface area contributed by atoms with Crippen molar-refractivity contribution in [2.24, 2.45) is 0 Å². The predicted molar refractivity (Wildman–Crippen MR) is 78.6 cm³/mol. The SMILES string of the molecule is Cc1nnc(-c2coc(S(=O)(=O)N(C)C3CCCCC3)c2)o1. The second-order valence-electron chi connectivity index (χ2n) is 5.59. The molecule has 2 aromatic rings. The van der Waals surface area contributed by atoms with E-state index >= 15 is 0 Å². The van der Waals surface area contributed by atoms with Gasteiger partial charge in [0.05, 0.1) is 5.56 Å². The Kier molecular flexibility index (Phi) is 4.05. The summed E-state index contributed by atoms with van der Waals surface area (Å²) in [7, 11) is -2.03. The van der Waals surface area contributed by atoms with Gasteiger partial charge in [-0.1, -0.05) is 19.3 Å². The van der Waals surface area contributed by atoms with Crippen LogP contribution < -0.4 is 0 Å². The van der Waals surface area contributed by atoms with E-state index in [1.54, 1.807) is 14.0 Å². The number of furan rings is 1. The summed E-state index contributed by atoms with van der Waals surface area (Å²) in [5, 5.41) is 7.49. The molecule has 2 aromatic heterocycles. The molecule has 0 aromatic carbocycles. The van der Waals surface area contributed by atoms with Gasteiger partial charge in [-0.3, -0.25) is 0 Å². The van der Waals surface area contributed by atoms with Gasteiger partial charge in [-0.05, 0) is 12.8 Å². The predicted octanol–water partition coefficient (Wildman–Crippen LogP) is 2.59. The van der Waals surface area contributed by atoms with Crippen LogP contribution in [0.15, 0.2) is 26.3 Å². The van der Waals surface area contributed by atoms with Crippen LogP contribution in [0.3, 0.4) is 0 Å². The van der Waals surface area contributed by atoms with Gasteiger partial charge >= 0.3 is 0 Å². The Hall–Kier alpha value is -1.67. The van der Waals surface area contributed by atoms with E-state index in [-0.39, 0.29) is 17.0 Å². The van der Waals surface area contributed by atoms with E-state index in [2.05, 4.69) is 10.2 Å². The lowest BCUT2D eigenvalue weighted by Gasteiger charge is -2.29. The molecule has 0 bridgehead atoms. The van der Waals surface area contributed by atoms with Crippen molar-refractivity contribution in [2.75, 3.05) is 7.05 Å². The van der Waals surface area contributed by atoms with Crippen LogP contribution in [0.1, 0.15) is 38.0 Å². The average molecular weight is 325 g/mol. The van der Waals surface area contributed by atoms with Crippen molar-refractivity contribution < 1.29 is 17.3 Å². The molecule has 3 rings (SSSR count). The molecule has 1 saturated carbocycles. The quantitative estimate of drug-likeness (QED) is 0.858. The molecule has 1 aliphatic rings. The first-order chi connectivity index (χ1) is 10.5. The minimum Gasteiger partial charge on any atom is -0.451 e. The fraction of sp³-hybridized carbons (Fsp3) is 0.571. The maximum atomic E-state index is 12.6. The monoisotopic (exact) mass is 325 g/mol. The highest BCUT2D eigenvalue weighted by molar-refractivity contribution is 7.89. The smallest absolute Gasteiger partial charge is 0.276 e. The summed E-state index contributed by atoms with van der Waals surface area (Å²) in [4.78, 5) is 0. The molecule has 2 heterocycles. The maximum Gasteiger partial charge on any atom is 0.276 e. The van der Waals surface area contributed by atoms with Crippen molar-refractivity contribution in [1.29, 1.82) is 0 Å². The molecule has 22 heavy (non-hydrogen) atoms. The topological polar surface area (TPSA) is 89.4 Å². The van der Waals surface area contributed by atoms with Gasteiger partial charge in [0.25, 0.3) is 15.9 Å². The van der Waals surface area contributed by atoms with Gasteiger partial charge in [0, 0.05) is 26.1 Å². The Morgan fingerprint density at radius 1 is 1.23 bits per heavy atom. The van der Waals surface area contributed by atoms with E-state index in [1.165, 1.54) is 23.1 Å². The minimum absolute atomic E-state index is 0.0398. The molecular formula is C14H19N3O4S. The molecule has 8 heteroatoms. The highest BCUT2D eigenvalue weighted by Crippen LogP contribution is 2.29. The van der Waals surface area contributed by atoms with E-state index in [1.807, 2.05) is 0 Å². The summed E-state index contributed by atoms with van der Waals surface area (Å²) in [6.45, 7) is 1.67. The lowest BCUT2D eigenvalue weighted by atomic mass is 9.96. The molecule has 1 aliphatic carbocycles. The molecule has 0 aliphatic heterocycles. The zero-order valence-electron chi connectivity index (χ0n) is 12.7. The van der Waals surface area contributed by atoms with Gasteiger partial charge in [0.15, 0.2) is 0 Å². The first-order valence-corrected chi connectivity index (χ1v) is 8.79. The van der Waals surface area contributed by atoms with E-state index < -0.39 is 10.0 Å². The number of aryl methyl sites for hydroxylation is 1. The number of hydrogen-bond acceptors (Lipinski definition) is 6. The molecule has 0 unspecified atom stereocenters. The van der Waals surface area contributed by atoms with Crippen LogP contribution in [0.5, 0.6) is 0 Å². The van der Waals surface area contributed by atoms with Crippen molar-refractivity contribution in [2.45, 2.75) is 50.2 Å². The molecule has 120 valence electrons. The summed E-state index contributed by atoms with van der Waals surface area (Å²) in [6.07, 6.45) is 6.42. The Labute approximate surface area is 129 Å². The number of sulfonamides is 1. The van der Waals surface area contributed by atoms with Crippen LogP contribution >= 0.6 is 0 Å². The van der Waals surface area contributed by atoms with Gasteiger partial charge < -0.3 is 8.83 Å². The first kappa shape index (κ1) is 15.2. The van der Waals surface area contributed by atoms with Crippen molar-refractivity contribution in [3.63, 3.8) is 0 Å². The fourth-order valence-electron chi connectivity index (χ4n) is 2.76. The highest BCUT2D eigenvalue weighted by atomic mass is 32.2. The fourth-order valence-corrected chi connectivity index (χ4v) is 4.09. The summed E-state index contributed by atoms with van der Waals surface area (Å²) in [5.41, 5.74) is 0.469. The summed E-state index contributed by atoms with van der Waals surface area (Å²) < 4.78 is 37.2. The molecule has 7 nitrogen and oxygen atoms in total. The van der Waals surface area contributed by atoms with Crippen LogP contribution in [0.2, 0.25) is 0 Å². The van der Waals surface area contributed by atoms with Gasteiger partial charge in [-0.2, -0.15) is 4.31 Å². The number of nitrogens with zero attached hydrogens (tertiary/aromatic N) is 3. The molecule has 0 N–H and O–H groups in total. The molecule has 0 saturated heterocycles. The Morgan fingerprint density at radius 3 is 2.59 bits per heavy atom. The van der Waals surface area contributed by atoms with Gasteiger partial charge in [-0.25, -0.2) is 8.42 Å². The zero-order valence-corrected chi connectivity index (χ0v) is 13.5. The standard InChI is InChI=1S/C14H19N3O4S/c1-10-15-16-14(21-10)11-8-13(20-9-11)22(18,19)17(2)12-6-4-3-5-7-12/h8-9,12H,3-7H2,1-2H3. The van der Waals surface area contributed by atoms with Crippen LogP contribution in [0.4, 0.5) is 0 Å². The van der Waals surface area contributed by atoms with Crippen molar-refractivity contribution in [3.8, 4) is 11.5 Å². The zero-order chi connectivity index (χ0) is 15.7. The number of aromatic nitrogens is 2. The third kappa shape index (κ3) is 2.80. The Balaban J connectivity index is 1.84. The molecule has 0 atom stereocenters. The van der Waals surface area contributed by atoms with E-state index in [0.717, 1.165) is 25.7 Å². The van der Waals surface area contributed by atoms with Crippen molar-refractivity contribution in [1.82, 2.24) is 14.5 Å². The number of rotatable bonds is 4. The van der Waals surface area contributed by atoms with Gasteiger partial charge in [-0.15, -0.1) is 10.2 Å². The highest BCUT2D eigenvalue weighted by Gasteiger charge is 2.31. The van der Waals surface area contributed by atoms with Crippen molar-refractivity contribution in [3.05, 3.63) is 18.2 Å². The van der Waals surface area contributed by atoms with Crippen LogP contribution in [0, 0.1) is 6.92 Å². The summed E-state index contributed by atoms with van der Waals surface area (Å²) in [5.74, 6) is 0.669. The second kappa shape index (κ2) is 5.85. The van der Waals surface area contributed by atoms with Gasteiger partial charge in [0.1, 0.15) is 6.26 Å². The second-order valence-corrected chi connectivity index (χ2v) is 7.52. The van der Waals surface area contributed by atoms with Crippen LogP contribution in [-0.4, -0.2) is 36.0 Å². The Morgan fingerprint density at radius 2 is 1.95 bits per heavy atom. The van der Waals surface area contributed by atoms with E-state index in [4.69, 9.17) is 8.83 Å². The first-order valence-electron chi connectivity index (χ1n) is 7.35. The van der Waals surface area contributed by atoms with E-state index in [0.29, 0.717) is 11.5 Å². The van der Waals surface area contributed by atoms with Crippen LogP contribution in [0.25, 0.3) is 11.5 Å². The molecule has 1 fully saturated rings. The third-order valence-electron chi connectivity index (χ3n) is 4.07. The molecule has 0 spiro atoms. The maximum absolute atomic E-state index is 12.6. The molecular weight excluding hydrogens is 306 g/mol. The largest absolute Gasteiger partial charge is 0.451 e. The normalized spacial score (nSPS) is 17.2. The van der Waals surface area contributed by atoms with Crippen LogP contribution in [-0.2, 0) is 10.0 Å². The van der Waals surface area contributed by atoms with E-state index in [9.17, 15) is 8.42 Å². The average Bonchev–Trinajstić information content (AvgIpc) is 3.16. The summed E-state index contributed by atoms with van der Waals surface area (Å²) in [6, 6.07) is 1.47. The van der Waals surface area contributed by atoms with Gasteiger partial charge in [0.2, 0.25) is 11.0 Å². The molecule has 0 radical (unpaired) electrons. The lowest BCUT2D eigenvalue weighted by Crippen LogP contribution is -2.38. The minimum atomic E-state index is -3.64. The third-order valence-corrected chi connectivity index (χ3v) is 5.85. The lowest BCUT2D eigenvalue weighted by molar-refractivity contribution is 0.279. The van der Waals surface area contributed by atoms with Crippen molar-refractivity contribution >= 4 is 10.0 Å².